The number of allylic oxidation sites excluding steroid dienone is 1. The molecule has 110 heavy (non-hydrogen) atoms. The van der Waals surface area contributed by atoms with Gasteiger partial charge in [-0.2, -0.15) is 0 Å². The van der Waals surface area contributed by atoms with Crippen LogP contribution in [-0.2, 0) is 27.1 Å². The molecule has 0 bridgehead atoms. The number of anilines is 3. The molecule has 0 spiro atoms. The van der Waals surface area contributed by atoms with Crippen LogP contribution in [0.4, 0.5) is 17.1 Å². The zero-order valence-corrected chi connectivity index (χ0v) is 66.6. The van der Waals surface area contributed by atoms with Crippen LogP contribution < -0.4 is 9.64 Å². The van der Waals surface area contributed by atoms with Crippen molar-refractivity contribution < 1.29 is 9.15 Å². The predicted octanol–water partition coefficient (Wildman–Crippen LogP) is 29.6. The molecule has 4 atom stereocenters. The number of nitrogens with zero attached hydrogens (tertiary/aromatic N) is 1. The number of ether oxygens (including phenoxy) is 1. The molecule has 0 saturated carbocycles. The van der Waals surface area contributed by atoms with Crippen LogP contribution in [0.3, 0.4) is 0 Å². The minimum atomic E-state index is -0.368. The number of para-hydroxylation sites is 3. The Morgan fingerprint density at radius 1 is 0.373 bits per heavy atom. The van der Waals surface area contributed by atoms with Crippen LogP contribution in [-0.4, -0.2) is 6.10 Å². The maximum atomic E-state index is 7.30. The van der Waals surface area contributed by atoms with Gasteiger partial charge in [0.2, 0.25) is 0 Å². The number of unbranched alkanes of at least 4 members (excludes halogenated alkanes) is 8. The first-order valence-electron chi connectivity index (χ1n) is 41.7. The highest BCUT2D eigenvalue weighted by atomic mass is 16.5. The number of hydrogen-bond donors (Lipinski definition) is 0. The van der Waals surface area contributed by atoms with E-state index in [0.29, 0.717) is 11.8 Å². The van der Waals surface area contributed by atoms with Crippen molar-refractivity contribution in [2.45, 2.75) is 199 Å². The largest absolute Gasteiger partial charge is 0.484 e. The molecular weight excluding hydrogens is 1330 g/mol. The molecule has 0 fully saturated rings. The van der Waals surface area contributed by atoms with Crippen LogP contribution in [0.5, 0.6) is 5.75 Å². The number of hydrogen-bond acceptors (Lipinski definition) is 3. The van der Waals surface area contributed by atoms with E-state index >= 15 is 0 Å². The molecule has 7 aliphatic rings. The van der Waals surface area contributed by atoms with Crippen molar-refractivity contribution in [2.24, 2.45) is 11.8 Å². The monoisotopic (exact) mass is 1430 g/mol. The van der Waals surface area contributed by atoms with Crippen LogP contribution in [0, 0.1) is 25.7 Å². The lowest BCUT2D eigenvalue weighted by Gasteiger charge is -2.47. The van der Waals surface area contributed by atoms with E-state index in [9.17, 15) is 0 Å². The van der Waals surface area contributed by atoms with Crippen molar-refractivity contribution in [1.29, 1.82) is 0 Å². The van der Waals surface area contributed by atoms with Crippen LogP contribution in [0.25, 0.3) is 99.8 Å². The highest BCUT2D eigenvalue weighted by molar-refractivity contribution is 6.19. The van der Waals surface area contributed by atoms with Gasteiger partial charge >= 0.3 is 0 Å². The Kier molecular flexibility index (Phi) is 15.9. The van der Waals surface area contributed by atoms with Gasteiger partial charge in [-0.05, 0) is 244 Å². The lowest BCUT2D eigenvalue weighted by Crippen LogP contribution is -2.46. The fourth-order valence-electron chi connectivity index (χ4n) is 23.2. The highest BCUT2D eigenvalue weighted by Crippen LogP contribution is 2.72. The third-order valence-corrected chi connectivity index (χ3v) is 28.7. The fraction of sp³-hybridized carbons (Fsp3) is 0.308. The van der Waals surface area contributed by atoms with Crippen molar-refractivity contribution in [3.8, 4) is 72.5 Å². The number of aryl methyl sites for hydroxylation is 2. The van der Waals surface area contributed by atoms with Gasteiger partial charge in [-0.25, -0.2) is 0 Å². The maximum absolute atomic E-state index is 7.30. The Balaban J connectivity index is 0.630. The summed E-state index contributed by atoms with van der Waals surface area (Å²) >= 11 is 0. The quantitative estimate of drug-likeness (QED) is 0.0801. The summed E-state index contributed by atoms with van der Waals surface area (Å²) in [7, 11) is 0. The van der Waals surface area contributed by atoms with Crippen molar-refractivity contribution in [3.63, 3.8) is 0 Å². The number of fused-ring (bicyclic) bond motifs is 24. The summed E-state index contributed by atoms with van der Waals surface area (Å²) in [6.45, 7) is 29.2. The van der Waals surface area contributed by atoms with Gasteiger partial charge in [0.15, 0.2) is 0 Å². The smallest absolute Gasteiger partial charge is 0.143 e. The maximum Gasteiger partial charge on any atom is 0.143 e. The summed E-state index contributed by atoms with van der Waals surface area (Å²) in [4.78, 5) is 2.59. The van der Waals surface area contributed by atoms with Crippen molar-refractivity contribution in [2.75, 3.05) is 4.90 Å². The molecule has 1 aromatic heterocycles. The molecule has 2 heterocycles. The molecule has 0 radical (unpaired) electrons. The molecule has 0 saturated heterocycles. The molecule has 12 aromatic carbocycles. The summed E-state index contributed by atoms with van der Waals surface area (Å²) in [6, 6.07) is 92.0. The van der Waals surface area contributed by atoms with E-state index < -0.39 is 0 Å². The molecule has 13 aromatic rings. The van der Waals surface area contributed by atoms with Crippen molar-refractivity contribution in [1.82, 2.24) is 0 Å². The van der Waals surface area contributed by atoms with Gasteiger partial charge in [-0.1, -0.05) is 309 Å². The Bertz CT molecular complexity index is 5960. The van der Waals surface area contributed by atoms with E-state index in [1.54, 1.807) is 11.1 Å². The summed E-state index contributed by atoms with van der Waals surface area (Å²) in [5, 5.41) is 2.34. The normalized spacial score (nSPS) is 19.2. The second kappa shape index (κ2) is 25.4. The van der Waals surface area contributed by atoms with E-state index in [-0.39, 0.29) is 39.1 Å². The summed E-state index contributed by atoms with van der Waals surface area (Å²) in [6.07, 6.45) is 15.4. The fourth-order valence-corrected chi connectivity index (χ4v) is 23.2. The molecule has 0 N–H and O–H groups in total. The first-order valence-corrected chi connectivity index (χ1v) is 41.7. The molecule has 0 amide bonds. The average molecular weight is 1440 g/mol. The molecule has 20 rings (SSSR count). The second-order valence-corrected chi connectivity index (χ2v) is 36.2. The second-order valence-electron chi connectivity index (χ2n) is 36.2. The Morgan fingerprint density at radius 3 is 1.57 bits per heavy atom. The zero-order valence-electron chi connectivity index (χ0n) is 66.6. The van der Waals surface area contributed by atoms with Gasteiger partial charge in [0.05, 0.1) is 5.69 Å². The van der Waals surface area contributed by atoms with Crippen molar-refractivity contribution in [3.05, 3.63) is 309 Å². The van der Waals surface area contributed by atoms with Gasteiger partial charge in [-0.15, -0.1) is 0 Å². The minimum Gasteiger partial charge on any atom is -0.484 e. The first kappa shape index (κ1) is 69.0. The lowest BCUT2D eigenvalue weighted by molar-refractivity contribution is 0.118. The molecular formula is C107H103NO2. The summed E-state index contributed by atoms with van der Waals surface area (Å²) < 4.78 is 14.5. The molecule has 6 aliphatic carbocycles. The Hall–Kier alpha value is -10.2. The van der Waals surface area contributed by atoms with E-state index in [0.717, 1.165) is 39.1 Å². The predicted molar refractivity (Wildman–Crippen MR) is 462 cm³/mol. The lowest BCUT2D eigenvalue weighted by atomic mass is 9.56. The third-order valence-electron chi connectivity index (χ3n) is 28.7. The Labute approximate surface area is 652 Å². The third kappa shape index (κ3) is 9.99. The number of benzene rings is 12. The van der Waals surface area contributed by atoms with Gasteiger partial charge in [-0.3, -0.25) is 0 Å². The summed E-state index contributed by atoms with van der Waals surface area (Å²) in [5.41, 5.74) is 41.1. The Morgan fingerprint density at radius 2 is 0.891 bits per heavy atom. The van der Waals surface area contributed by atoms with E-state index in [4.69, 9.17) is 9.15 Å². The topological polar surface area (TPSA) is 25.6 Å². The average Bonchev–Trinajstić information content (AvgIpc) is 1.50. The summed E-state index contributed by atoms with van der Waals surface area (Å²) in [5.74, 6) is 1.81. The van der Waals surface area contributed by atoms with Gasteiger partial charge < -0.3 is 14.1 Å². The molecule has 1 aliphatic heterocycles. The highest BCUT2D eigenvalue weighted by Gasteiger charge is 2.64. The van der Waals surface area contributed by atoms with Gasteiger partial charge in [0, 0.05) is 61.0 Å². The number of furan rings is 1. The van der Waals surface area contributed by atoms with Crippen LogP contribution in [0.15, 0.2) is 241 Å². The zero-order chi connectivity index (χ0) is 75.1. The van der Waals surface area contributed by atoms with Crippen molar-refractivity contribution >= 4 is 50.1 Å². The van der Waals surface area contributed by atoms with Crippen LogP contribution in [0.2, 0.25) is 0 Å². The SMILES string of the molecule is CCCCCCCC1(CCCCCCC)c2ccccc2-c2ccc(-c3ccc4c(c3)C(C)(C)c3cc(-c5ccc(-c6cc7c(c8c6oc6ccccc68)-c6ccc(N(c8ccc9c(c8)C(C)(C)C8C9C9Oc%10ccccc%10C9=C9c%10ccccc%10C(C)(C)C98)c8c(C)cccc8C)cc6C7(C)C)cc5)ccc3-4)cc21. The van der Waals surface area contributed by atoms with Gasteiger partial charge in [0.1, 0.15) is 23.0 Å². The van der Waals surface area contributed by atoms with E-state index in [2.05, 4.69) is 325 Å². The minimum absolute atomic E-state index is 0.0465. The first-order chi connectivity index (χ1) is 53.3. The van der Waals surface area contributed by atoms with Crippen LogP contribution in [0.1, 0.15) is 225 Å². The molecule has 3 heteroatoms. The molecule has 3 nitrogen and oxygen atoms in total. The van der Waals surface area contributed by atoms with E-state index in [1.165, 1.54) is 222 Å². The molecule has 4 unspecified atom stereocenters. The molecule has 548 valence electrons. The number of rotatable bonds is 18. The van der Waals surface area contributed by atoms with E-state index in [1.807, 2.05) is 0 Å². The standard InChI is InChI=1S/C107H103NO2/c1-13-15-17-19-29-56-107(57-30-20-18-16-14-2)84-39-26-21-34-73(84)76-53-48-70(60-89(76)107)69-47-52-75-74-51-46-68(58-85(74)103(5,6)86(75)59-69)66-42-44-67(45-43-66)82-63-90-93(95-80-36-23-27-40-91(80)109-101(82)95)78-54-49-71(61-87(78)104(90,7)8)108(100-64(3)32-31-33-65(100)4)72-50-55-79-88(62-72)106(11,12)99-97(79)102-96(81-37-24-28-41-92(81)110-102)94-77-35-22-25-38-83(77)105(9,10)98(94)99/h21-28,31-55,58-63,97-99,102H,13-20,29-30,56-57H2,1-12H3. The van der Waals surface area contributed by atoms with Crippen LogP contribution >= 0.6 is 0 Å². The van der Waals surface area contributed by atoms with Gasteiger partial charge in [0.25, 0.3) is 0 Å².